The normalized spacial score (nSPS) is 11.0. The Hall–Kier alpha value is -1.66. The molecule has 1 aromatic carbocycles. The van der Waals surface area contributed by atoms with Crippen molar-refractivity contribution in [1.29, 1.82) is 0 Å². The molecule has 0 saturated carbocycles. The van der Waals surface area contributed by atoms with Crippen molar-refractivity contribution in [2.75, 3.05) is 5.32 Å². The van der Waals surface area contributed by atoms with Crippen LogP contribution in [0.2, 0.25) is 5.02 Å². The highest BCUT2D eigenvalue weighted by atomic mass is 35.5. The van der Waals surface area contributed by atoms with Crippen molar-refractivity contribution in [3.8, 4) is 0 Å². The van der Waals surface area contributed by atoms with Gasteiger partial charge in [0.05, 0.1) is 16.8 Å². The van der Waals surface area contributed by atoms with Crippen LogP contribution in [0.3, 0.4) is 0 Å². The van der Waals surface area contributed by atoms with Gasteiger partial charge in [-0.1, -0.05) is 28.1 Å². The highest BCUT2D eigenvalue weighted by Gasteiger charge is 2.06. The van der Waals surface area contributed by atoms with E-state index in [1.807, 2.05) is 18.2 Å². The van der Waals surface area contributed by atoms with E-state index in [1.165, 1.54) is 0 Å². The molecule has 3 rings (SSSR count). The maximum Gasteiger partial charge on any atom is 0.223 e. The monoisotopic (exact) mass is 280 g/mol. The average molecular weight is 281 g/mol. The van der Waals surface area contributed by atoms with Gasteiger partial charge in [0, 0.05) is 11.9 Å². The summed E-state index contributed by atoms with van der Waals surface area (Å²) in [6.07, 6.45) is 0. The molecule has 0 unspecified atom stereocenters. The second kappa shape index (κ2) is 4.55. The van der Waals surface area contributed by atoms with Crippen molar-refractivity contribution in [2.24, 2.45) is 0 Å². The molecule has 0 bridgehead atoms. The molecule has 2 heterocycles. The van der Waals surface area contributed by atoms with Gasteiger partial charge in [-0.05, 0) is 18.2 Å². The highest BCUT2D eigenvalue weighted by Crippen LogP contribution is 2.28. The van der Waals surface area contributed by atoms with Gasteiger partial charge in [0.2, 0.25) is 5.89 Å². The smallest absolute Gasteiger partial charge is 0.223 e. The van der Waals surface area contributed by atoms with E-state index in [9.17, 15) is 0 Å². The van der Waals surface area contributed by atoms with Crippen LogP contribution in [0, 0.1) is 6.92 Å². The second-order valence-electron chi connectivity index (χ2n) is 3.71. The van der Waals surface area contributed by atoms with E-state index in [4.69, 9.17) is 16.1 Å². The zero-order valence-corrected chi connectivity index (χ0v) is 11.0. The summed E-state index contributed by atoms with van der Waals surface area (Å²) in [5, 5.41) is 8.47. The van der Waals surface area contributed by atoms with Crippen LogP contribution in [-0.4, -0.2) is 15.1 Å². The van der Waals surface area contributed by atoms with Crippen LogP contribution in [0.1, 0.15) is 11.7 Å². The van der Waals surface area contributed by atoms with Crippen molar-refractivity contribution >= 4 is 38.3 Å². The Kier molecular flexibility index (Phi) is 2.89. The van der Waals surface area contributed by atoms with Crippen LogP contribution in [-0.2, 0) is 6.54 Å². The van der Waals surface area contributed by atoms with E-state index in [0.717, 1.165) is 15.3 Å². The molecule has 0 aliphatic rings. The molecule has 0 aliphatic carbocycles. The van der Waals surface area contributed by atoms with Crippen LogP contribution < -0.4 is 5.32 Å². The Morgan fingerprint density at radius 3 is 3.06 bits per heavy atom. The molecule has 0 amide bonds. The van der Waals surface area contributed by atoms with E-state index in [0.29, 0.717) is 23.3 Å². The number of hydrogen-bond acceptors (Lipinski definition) is 6. The average Bonchev–Trinajstić information content (AvgIpc) is 2.92. The molecular formula is C11H9ClN4OS. The predicted molar refractivity (Wildman–Crippen MR) is 71.0 cm³/mol. The van der Waals surface area contributed by atoms with Gasteiger partial charge >= 0.3 is 0 Å². The Bertz CT molecular complexity index is 693. The van der Waals surface area contributed by atoms with Gasteiger partial charge in [0.25, 0.3) is 0 Å². The SMILES string of the molecule is Cc1nc(CNc2nc3cc(Cl)ccc3s2)no1. The number of anilines is 1. The van der Waals surface area contributed by atoms with Crippen molar-refractivity contribution in [3.05, 3.63) is 34.9 Å². The molecule has 7 heteroatoms. The number of fused-ring (bicyclic) bond motifs is 1. The molecule has 0 radical (unpaired) electrons. The van der Waals surface area contributed by atoms with Crippen LogP contribution >= 0.6 is 22.9 Å². The van der Waals surface area contributed by atoms with E-state index < -0.39 is 0 Å². The number of nitrogens with zero attached hydrogens (tertiary/aromatic N) is 3. The van der Waals surface area contributed by atoms with Gasteiger partial charge in [-0.15, -0.1) is 0 Å². The van der Waals surface area contributed by atoms with Gasteiger partial charge in [-0.25, -0.2) is 4.98 Å². The van der Waals surface area contributed by atoms with Crippen molar-refractivity contribution < 1.29 is 4.52 Å². The summed E-state index contributed by atoms with van der Waals surface area (Å²) in [6, 6.07) is 5.66. The van der Waals surface area contributed by atoms with E-state index in [-0.39, 0.29) is 0 Å². The fourth-order valence-corrected chi connectivity index (χ4v) is 2.55. The topological polar surface area (TPSA) is 63.8 Å². The lowest BCUT2D eigenvalue weighted by Gasteiger charge is -1.95. The summed E-state index contributed by atoms with van der Waals surface area (Å²) in [7, 11) is 0. The largest absolute Gasteiger partial charge is 0.354 e. The third kappa shape index (κ3) is 2.30. The predicted octanol–water partition coefficient (Wildman–Crippen LogP) is 3.25. The van der Waals surface area contributed by atoms with E-state index >= 15 is 0 Å². The molecule has 5 nitrogen and oxygen atoms in total. The summed E-state index contributed by atoms with van der Waals surface area (Å²) in [5.74, 6) is 1.17. The van der Waals surface area contributed by atoms with Crippen molar-refractivity contribution in [1.82, 2.24) is 15.1 Å². The van der Waals surface area contributed by atoms with Crippen LogP contribution in [0.15, 0.2) is 22.7 Å². The van der Waals surface area contributed by atoms with Crippen molar-refractivity contribution in [3.63, 3.8) is 0 Å². The summed E-state index contributed by atoms with van der Waals surface area (Å²) >= 11 is 7.48. The first-order chi connectivity index (χ1) is 8.70. The lowest BCUT2D eigenvalue weighted by Crippen LogP contribution is -2.00. The quantitative estimate of drug-likeness (QED) is 0.798. The minimum atomic E-state index is 0.491. The molecule has 3 aromatic rings. The second-order valence-corrected chi connectivity index (χ2v) is 5.18. The molecule has 92 valence electrons. The maximum absolute atomic E-state index is 5.92. The fourth-order valence-electron chi connectivity index (χ4n) is 1.54. The number of hydrogen-bond donors (Lipinski definition) is 1. The maximum atomic E-state index is 5.92. The van der Waals surface area contributed by atoms with Gasteiger partial charge in [0.15, 0.2) is 11.0 Å². The highest BCUT2D eigenvalue weighted by molar-refractivity contribution is 7.22. The minimum absolute atomic E-state index is 0.491. The molecule has 0 spiro atoms. The summed E-state index contributed by atoms with van der Waals surface area (Å²) in [6.45, 7) is 2.25. The van der Waals surface area contributed by atoms with E-state index in [1.54, 1.807) is 18.3 Å². The third-order valence-electron chi connectivity index (χ3n) is 2.32. The fraction of sp³-hybridized carbons (Fsp3) is 0.182. The first-order valence-electron chi connectivity index (χ1n) is 5.30. The standard InChI is InChI=1S/C11H9ClN4OS/c1-6-14-10(16-17-6)5-13-11-15-8-4-7(12)2-3-9(8)18-11/h2-4H,5H2,1H3,(H,13,15). The molecule has 1 N–H and O–H groups in total. The molecular weight excluding hydrogens is 272 g/mol. The lowest BCUT2D eigenvalue weighted by molar-refractivity contribution is 0.388. The Morgan fingerprint density at radius 2 is 2.28 bits per heavy atom. The Morgan fingerprint density at radius 1 is 1.39 bits per heavy atom. The zero-order chi connectivity index (χ0) is 12.5. The van der Waals surface area contributed by atoms with Crippen LogP contribution in [0.5, 0.6) is 0 Å². The van der Waals surface area contributed by atoms with Gasteiger partial charge in [-0.3, -0.25) is 0 Å². The number of benzene rings is 1. The third-order valence-corrected chi connectivity index (χ3v) is 3.55. The summed E-state index contributed by atoms with van der Waals surface area (Å²) < 4.78 is 5.98. The number of thiazole rings is 1. The molecule has 18 heavy (non-hydrogen) atoms. The first kappa shape index (κ1) is 11.4. The van der Waals surface area contributed by atoms with Crippen molar-refractivity contribution in [2.45, 2.75) is 13.5 Å². The number of nitrogens with one attached hydrogen (secondary N) is 1. The number of rotatable bonds is 3. The number of aryl methyl sites for hydroxylation is 1. The number of halogens is 1. The minimum Gasteiger partial charge on any atom is -0.354 e. The zero-order valence-electron chi connectivity index (χ0n) is 9.48. The van der Waals surface area contributed by atoms with E-state index in [2.05, 4.69) is 20.4 Å². The van der Waals surface area contributed by atoms with Crippen LogP contribution in [0.25, 0.3) is 10.2 Å². The van der Waals surface area contributed by atoms with Gasteiger partial charge in [-0.2, -0.15) is 4.98 Å². The van der Waals surface area contributed by atoms with Gasteiger partial charge < -0.3 is 9.84 Å². The Labute approximate surface area is 112 Å². The molecule has 0 fully saturated rings. The molecule has 0 aliphatic heterocycles. The van der Waals surface area contributed by atoms with Crippen LogP contribution in [0.4, 0.5) is 5.13 Å². The summed E-state index contributed by atoms with van der Waals surface area (Å²) in [5.41, 5.74) is 0.888. The van der Waals surface area contributed by atoms with Gasteiger partial charge in [0.1, 0.15) is 0 Å². The molecule has 0 saturated heterocycles. The lowest BCUT2D eigenvalue weighted by atomic mass is 10.3. The molecule has 2 aromatic heterocycles. The first-order valence-corrected chi connectivity index (χ1v) is 6.49. The molecule has 0 atom stereocenters. The Balaban J connectivity index is 1.78. The number of aromatic nitrogens is 3. The summed E-state index contributed by atoms with van der Waals surface area (Å²) in [4.78, 5) is 8.54.